The molecule has 0 saturated carbocycles. The average molecular weight is 342 g/mol. The molecule has 1 heterocycles. The van der Waals surface area contributed by atoms with E-state index in [1.807, 2.05) is 0 Å². The number of nitro benzene ring substituents is 1. The Hall–Kier alpha value is -1.84. The third-order valence-corrected chi connectivity index (χ3v) is 3.24. The van der Waals surface area contributed by atoms with Gasteiger partial charge in [0.2, 0.25) is 6.93 Å². The van der Waals surface area contributed by atoms with E-state index < -0.39 is 47.3 Å². The highest BCUT2D eigenvalue weighted by molar-refractivity contribution is 7.80. The van der Waals surface area contributed by atoms with Crippen LogP contribution in [0.5, 0.6) is 0 Å². The van der Waals surface area contributed by atoms with Crippen molar-refractivity contribution in [3.8, 4) is 0 Å². The van der Waals surface area contributed by atoms with E-state index >= 15 is 0 Å². The van der Waals surface area contributed by atoms with E-state index in [2.05, 4.69) is 5.32 Å². The van der Waals surface area contributed by atoms with Crippen LogP contribution in [-0.2, 0) is 0 Å². The lowest BCUT2D eigenvalue weighted by Gasteiger charge is -2.33. The quantitative estimate of drug-likeness (QED) is 0.382. The van der Waals surface area contributed by atoms with Crippen molar-refractivity contribution in [2.45, 2.75) is 24.8 Å². The van der Waals surface area contributed by atoms with E-state index in [-0.39, 0.29) is 11.4 Å². The molecule has 0 amide bonds. The fourth-order valence-electron chi connectivity index (χ4n) is 1.93. The molecule has 1 unspecified atom stereocenters. The van der Waals surface area contributed by atoms with E-state index in [1.165, 1.54) is 0 Å². The maximum Gasteiger partial charge on any atom is 0.272 e. The predicted molar refractivity (Wildman–Crippen MR) is 72.8 cm³/mol. The largest absolute Gasteiger partial charge is 0.367 e. The summed E-state index contributed by atoms with van der Waals surface area (Å²) in [6, 6.07) is 0.879. The fraction of sp³-hybridized carbons (Fsp3) is 0.417. The van der Waals surface area contributed by atoms with Crippen LogP contribution in [0.4, 0.5) is 27.6 Å². The van der Waals surface area contributed by atoms with Crippen LogP contribution in [-0.4, -0.2) is 22.8 Å². The molecule has 1 fully saturated rings. The fourth-order valence-corrected chi connectivity index (χ4v) is 2.15. The van der Waals surface area contributed by atoms with Gasteiger partial charge >= 0.3 is 0 Å². The standard InChI is InChI=1S/C11H9F3N2O2S.CH2F2/c12-8-2-1-6(16(17)18)5-7(8)10-11(13,14)4-3-9(19)15-10;2-1-3/h1-2,5,10H,3-4H2,(H,15,19);1H2. The molecule has 4 nitrogen and oxygen atoms in total. The first-order valence-corrected chi connectivity index (χ1v) is 6.36. The molecule has 0 aliphatic carbocycles. The van der Waals surface area contributed by atoms with E-state index in [0.717, 1.165) is 18.2 Å². The van der Waals surface area contributed by atoms with Crippen molar-refractivity contribution in [2.24, 2.45) is 0 Å². The van der Waals surface area contributed by atoms with Gasteiger partial charge in [0.25, 0.3) is 11.6 Å². The molecule has 1 saturated heterocycles. The molecule has 1 aliphatic rings. The summed E-state index contributed by atoms with van der Waals surface area (Å²) in [6.07, 6.45) is -0.499. The van der Waals surface area contributed by atoms with Crippen LogP contribution in [0.1, 0.15) is 24.4 Å². The molecule has 0 radical (unpaired) electrons. The van der Waals surface area contributed by atoms with Gasteiger partial charge < -0.3 is 5.32 Å². The van der Waals surface area contributed by atoms with Gasteiger partial charge in [0.05, 0.1) is 9.91 Å². The maximum atomic E-state index is 13.8. The van der Waals surface area contributed by atoms with Gasteiger partial charge in [0.15, 0.2) is 0 Å². The molecule has 0 aromatic heterocycles. The highest BCUT2D eigenvalue weighted by Gasteiger charge is 2.45. The lowest BCUT2D eigenvalue weighted by Crippen LogP contribution is -2.45. The van der Waals surface area contributed by atoms with Gasteiger partial charge in [-0.05, 0) is 6.07 Å². The molecule has 1 aromatic rings. The second-order valence-electron chi connectivity index (χ2n) is 4.33. The molecule has 10 heteroatoms. The van der Waals surface area contributed by atoms with E-state index in [1.54, 1.807) is 0 Å². The number of nitro groups is 1. The first kappa shape index (κ1) is 18.2. The molecule has 1 aliphatic heterocycles. The van der Waals surface area contributed by atoms with Gasteiger partial charge in [-0.1, -0.05) is 12.2 Å². The summed E-state index contributed by atoms with van der Waals surface area (Å²) < 4.78 is 60.5. The molecular weight excluding hydrogens is 331 g/mol. The number of piperidine rings is 1. The zero-order valence-electron chi connectivity index (χ0n) is 11.0. The summed E-state index contributed by atoms with van der Waals surface area (Å²) in [5.74, 6) is -4.13. The Morgan fingerprint density at radius 1 is 1.41 bits per heavy atom. The van der Waals surface area contributed by atoms with Gasteiger partial charge in [-0.3, -0.25) is 10.1 Å². The SMILES string of the molecule is FCF.O=[N+]([O-])c1ccc(F)c(C2NC(=S)CCC2(F)F)c1. The minimum Gasteiger partial charge on any atom is -0.367 e. The summed E-state index contributed by atoms with van der Waals surface area (Å²) in [5, 5.41) is 13.0. The topological polar surface area (TPSA) is 55.2 Å². The van der Waals surface area contributed by atoms with Gasteiger partial charge in [-0.15, -0.1) is 0 Å². The lowest BCUT2D eigenvalue weighted by molar-refractivity contribution is -0.385. The summed E-state index contributed by atoms with van der Waals surface area (Å²) in [5.41, 5.74) is -0.883. The van der Waals surface area contributed by atoms with Gasteiger partial charge in [0, 0.05) is 30.5 Å². The molecule has 0 spiro atoms. The van der Waals surface area contributed by atoms with Gasteiger partial charge in [-0.2, -0.15) is 0 Å². The third kappa shape index (κ3) is 4.33. The van der Waals surface area contributed by atoms with Crippen molar-refractivity contribution in [3.05, 3.63) is 39.7 Å². The Kier molecular flexibility index (Phi) is 6.15. The first-order chi connectivity index (χ1) is 10.2. The number of rotatable bonds is 2. The number of nitrogens with one attached hydrogen (secondary N) is 1. The Bertz CT molecular complexity index is 570. The molecule has 1 N–H and O–H groups in total. The van der Waals surface area contributed by atoms with Gasteiger partial charge in [-0.25, -0.2) is 22.0 Å². The summed E-state index contributed by atoms with van der Waals surface area (Å²) in [4.78, 5) is 10.1. The van der Waals surface area contributed by atoms with Crippen molar-refractivity contribution in [1.29, 1.82) is 0 Å². The monoisotopic (exact) mass is 342 g/mol. The molecule has 122 valence electrons. The van der Waals surface area contributed by atoms with Crippen molar-refractivity contribution in [3.63, 3.8) is 0 Å². The van der Waals surface area contributed by atoms with Crippen LogP contribution in [0, 0.1) is 15.9 Å². The van der Waals surface area contributed by atoms with Crippen molar-refractivity contribution < 1.29 is 26.9 Å². The highest BCUT2D eigenvalue weighted by atomic mass is 32.1. The zero-order chi connectivity index (χ0) is 16.9. The second-order valence-corrected chi connectivity index (χ2v) is 4.82. The number of benzene rings is 1. The Morgan fingerprint density at radius 3 is 2.55 bits per heavy atom. The average Bonchev–Trinajstić information content (AvgIpc) is 2.43. The van der Waals surface area contributed by atoms with Crippen molar-refractivity contribution in [2.75, 3.05) is 6.93 Å². The van der Waals surface area contributed by atoms with E-state index in [9.17, 15) is 32.1 Å². The minimum absolute atomic E-state index is 0.00930. The van der Waals surface area contributed by atoms with Crippen molar-refractivity contribution in [1.82, 2.24) is 5.32 Å². The van der Waals surface area contributed by atoms with Crippen molar-refractivity contribution >= 4 is 22.9 Å². The van der Waals surface area contributed by atoms with Crippen LogP contribution in [0.25, 0.3) is 0 Å². The molecule has 1 atom stereocenters. The maximum absolute atomic E-state index is 13.8. The smallest absolute Gasteiger partial charge is 0.272 e. The number of hydrogen-bond donors (Lipinski definition) is 1. The lowest BCUT2D eigenvalue weighted by atomic mass is 9.93. The summed E-state index contributed by atoms with van der Waals surface area (Å²) >= 11 is 4.81. The number of alkyl halides is 4. The highest BCUT2D eigenvalue weighted by Crippen LogP contribution is 2.40. The van der Waals surface area contributed by atoms with E-state index in [0.29, 0.717) is 0 Å². The predicted octanol–water partition coefficient (Wildman–Crippen LogP) is 4.00. The molecule has 22 heavy (non-hydrogen) atoms. The van der Waals surface area contributed by atoms with E-state index in [4.69, 9.17) is 12.2 Å². The Balaban J connectivity index is 0.000000745. The molecular formula is C12H11F5N2O2S. The molecule has 2 rings (SSSR count). The third-order valence-electron chi connectivity index (χ3n) is 2.91. The van der Waals surface area contributed by atoms with Crippen LogP contribution >= 0.6 is 12.2 Å². The normalized spacial score (nSPS) is 19.7. The van der Waals surface area contributed by atoms with Crippen LogP contribution in [0.15, 0.2) is 18.2 Å². The zero-order valence-corrected chi connectivity index (χ0v) is 11.8. The Labute approximate surface area is 127 Å². The summed E-state index contributed by atoms with van der Waals surface area (Å²) in [7, 11) is 0. The number of halogens is 5. The van der Waals surface area contributed by atoms with Crippen LogP contribution in [0.2, 0.25) is 0 Å². The Morgan fingerprint density at radius 2 is 2.00 bits per heavy atom. The number of hydrogen-bond acceptors (Lipinski definition) is 3. The summed E-state index contributed by atoms with van der Waals surface area (Å²) in [6.45, 7) is -1.75. The first-order valence-electron chi connectivity index (χ1n) is 5.96. The van der Waals surface area contributed by atoms with Crippen LogP contribution in [0.3, 0.4) is 0 Å². The molecule has 1 aromatic carbocycles. The number of non-ortho nitro benzene ring substituents is 1. The second kappa shape index (κ2) is 7.43. The molecule has 0 bridgehead atoms. The van der Waals surface area contributed by atoms with Gasteiger partial charge in [0.1, 0.15) is 11.9 Å². The number of nitrogens with zero attached hydrogens (tertiary/aromatic N) is 1. The minimum atomic E-state index is -3.21. The number of thiocarbonyl (C=S) groups is 1. The van der Waals surface area contributed by atoms with Crippen LogP contribution < -0.4 is 5.32 Å².